The Bertz CT molecular complexity index is 251. The molecule has 0 unspecified atom stereocenters. The summed E-state index contributed by atoms with van der Waals surface area (Å²) in [6.07, 6.45) is 0. The zero-order valence-electron chi connectivity index (χ0n) is 8.36. The third-order valence-electron chi connectivity index (χ3n) is 2.01. The number of rotatable bonds is 1. The Labute approximate surface area is 84.4 Å². The van der Waals surface area contributed by atoms with Gasteiger partial charge in [-0.05, 0) is 13.8 Å². The van der Waals surface area contributed by atoms with E-state index in [1.807, 2.05) is 0 Å². The van der Waals surface area contributed by atoms with Gasteiger partial charge in [0.05, 0.1) is 13.1 Å². The van der Waals surface area contributed by atoms with E-state index in [0.29, 0.717) is 4.90 Å². The second-order valence-electron chi connectivity index (χ2n) is 3.87. The van der Waals surface area contributed by atoms with Crippen molar-refractivity contribution < 1.29 is 22.4 Å². The molecule has 0 atom stereocenters. The Morgan fingerprint density at radius 2 is 1.60 bits per heavy atom. The van der Waals surface area contributed by atoms with Gasteiger partial charge in [0.1, 0.15) is 0 Å². The Hall–Kier alpha value is -1.01. The van der Waals surface area contributed by atoms with Gasteiger partial charge in [-0.15, -0.1) is 0 Å². The minimum absolute atomic E-state index is 0.277. The zero-order valence-corrected chi connectivity index (χ0v) is 8.36. The van der Waals surface area contributed by atoms with Gasteiger partial charge in [-0.3, -0.25) is 0 Å². The predicted molar refractivity (Wildman–Crippen MR) is 45.1 cm³/mol. The van der Waals surface area contributed by atoms with Crippen LogP contribution in [0, 0.1) is 0 Å². The molecule has 1 rings (SSSR count). The minimum Gasteiger partial charge on any atom is -0.336 e. The molecule has 0 aliphatic carbocycles. The molecule has 1 aliphatic heterocycles. The third kappa shape index (κ3) is 2.32. The van der Waals surface area contributed by atoms with Crippen molar-refractivity contribution in [3.8, 4) is 0 Å². The topological polar surface area (TPSA) is 32.3 Å². The first kappa shape index (κ1) is 12.1. The average molecular weight is 228 g/mol. The Morgan fingerprint density at radius 1 is 1.20 bits per heavy atom. The lowest BCUT2D eigenvalue weighted by Crippen LogP contribution is -2.42. The highest BCUT2D eigenvalue weighted by atomic mass is 19.3. The van der Waals surface area contributed by atoms with Crippen LogP contribution < -0.4 is 5.32 Å². The largest absolute Gasteiger partial charge is 0.336 e. The van der Waals surface area contributed by atoms with Gasteiger partial charge in [0.15, 0.2) is 0 Å². The number of hydrogen-bond donors (Lipinski definition) is 1. The van der Waals surface area contributed by atoms with Crippen LogP contribution in [0.25, 0.3) is 0 Å². The average Bonchev–Trinajstić information content (AvgIpc) is 2.20. The van der Waals surface area contributed by atoms with Crippen LogP contribution in [0.15, 0.2) is 0 Å². The SMILES string of the molecule is CC(C)NC(=O)N1CC(F)(F)C(F)(F)C1. The summed E-state index contributed by atoms with van der Waals surface area (Å²) in [5, 5.41) is 2.28. The van der Waals surface area contributed by atoms with Crippen LogP contribution in [0.5, 0.6) is 0 Å². The van der Waals surface area contributed by atoms with Crippen molar-refractivity contribution in [1.29, 1.82) is 0 Å². The first-order valence-corrected chi connectivity index (χ1v) is 4.47. The van der Waals surface area contributed by atoms with Crippen molar-refractivity contribution in [1.82, 2.24) is 10.2 Å². The minimum atomic E-state index is -4.14. The normalized spacial score (nSPS) is 23.3. The number of likely N-dealkylation sites (tertiary alicyclic amines) is 1. The van der Waals surface area contributed by atoms with E-state index in [1.165, 1.54) is 0 Å². The first-order valence-electron chi connectivity index (χ1n) is 4.47. The second-order valence-corrected chi connectivity index (χ2v) is 3.87. The number of hydrogen-bond acceptors (Lipinski definition) is 1. The van der Waals surface area contributed by atoms with E-state index >= 15 is 0 Å². The van der Waals surface area contributed by atoms with Crippen molar-refractivity contribution in [2.24, 2.45) is 0 Å². The van der Waals surface area contributed by atoms with Crippen LogP contribution in [-0.2, 0) is 0 Å². The molecule has 0 spiro atoms. The molecule has 0 saturated carbocycles. The maximum Gasteiger partial charge on any atom is 0.329 e. The number of urea groups is 1. The van der Waals surface area contributed by atoms with Crippen LogP contribution in [0.2, 0.25) is 0 Å². The summed E-state index contributed by atoms with van der Waals surface area (Å²) in [4.78, 5) is 11.6. The number of amides is 2. The fourth-order valence-electron chi connectivity index (χ4n) is 1.25. The first-order chi connectivity index (χ1) is 6.66. The lowest BCUT2D eigenvalue weighted by Gasteiger charge is -2.17. The molecule has 2 amide bonds. The number of carbonyl (C=O) groups is 1. The highest BCUT2D eigenvalue weighted by Gasteiger charge is 2.63. The number of alkyl halides is 4. The van der Waals surface area contributed by atoms with Crippen molar-refractivity contribution in [3.05, 3.63) is 0 Å². The van der Waals surface area contributed by atoms with Gasteiger partial charge in [0.25, 0.3) is 0 Å². The molecule has 88 valence electrons. The summed E-state index contributed by atoms with van der Waals surface area (Å²) >= 11 is 0. The summed E-state index contributed by atoms with van der Waals surface area (Å²) in [6, 6.07) is -1.16. The molecular formula is C8H12F4N2O. The molecule has 1 fully saturated rings. The fourth-order valence-corrected chi connectivity index (χ4v) is 1.25. The van der Waals surface area contributed by atoms with E-state index in [1.54, 1.807) is 13.8 Å². The Morgan fingerprint density at radius 3 is 1.93 bits per heavy atom. The lowest BCUT2D eigenvalue weighted by atomic mass is 10.2. The molecule has 3 nitrogen and oxygen atoms in total. The second kappa shape index (κ2) is 3.53. The molecule has 0 aromatic carbocycles. The van der Waals surface area contributed by atoms with Gasteiger partial charge in [-0.1, -0.05) is 0 Å². The maximum atomic E-state index is 12.7. The van der Waals surface area contributed by atoms with E-state index < -0.39 is 31.0 Å². The van der Waals surface area contributed by atoms with Crippen molar-refractivity contribution in [2.45, 2.75) is 31.7 Å². The molecule has 0 bridgehead atoms. The summed E-state index contributed by atoms with van der Waals surface area (Å²) in [6.45, 7) is 0.756. The van der Waals surface area contributed by atoms with Gasteiger partial charge in [0, 0.05) is 6.04 Å². The Balaban J connectivity index is 2.67. The van der Waals surface area contributed by atoms with Gasteiger partial charge in [-0.2, -0.15) is 17.6 Å². The van der Waals surface area contributed by atoms with Crippen LogP contribution in [0.1, 0.15) is 13.8 Å². The summed E-state index contributed by atoms with van der Waals surface area (Å²) < 4.78 is 50.8. The van der Waals surface area contributed by atoms with Gasteiger partial charge in [-0.25, -0.2) is 4.79 Å². The highest BCUT2D eigenvalue weighted by Crippen LogP contribution is 2.40. The molecule has 1 heterocycles. The monoisotopic (exact) mass is 228 g/mol. The quantitative estimate of drug-likeness (QED) is 0.680. The molecule has 0 radical (unpaired) electrons. The third-order valence-corrected chi connectivity index (χ3v) is 2.01. The smallest absolute Gasteiger partial charge is 0.329 e. The highest BCUT2D eigenvalue weighted by molar-refractivity contribution is 5.75. The standard InChI is InChI=1S/C8H12F4N2O/c1-5(2)13-6(15)14-3-7(9,10)8(11,12)4-14/h5H,3-4H2,1-2H3,(H,13,15). The lowest BCUT2D eigenvalue weighted by molar-refractivity contribution is -0.172. The number of halogens is 4. The van der Waals surface area contributed by atoms with Gasteiger partial charge >= 0.3 is 17.9 Å². The molecular weight excluding hydrogens is 216 g/mol. The van der Waals surface area contributed by atoms with Gasteiger partial charge in [0.2, 0.25) is 0 Å². The predicted octanol–water partition coefficient (Wildman–Crippen LogP) is 1.69. The molecule has 15 heavy (non-hydrogen) atoms. The van der Waals surface area contributed by atoms with Crippen molar-refractivity contribution in [2.75, 3.05) is 13.1 Å². The summed E-state index contributed by atoms with van der Waals surface area (Å²) in [5.74, 6) is -8.28. The van der Waals surface area contributed by atoms with Crippen LogP contribution in [0.4, 0.5) is 22.4 Å². The van der Waals surface area contributed by atoms with Crippen molar-refractivity contribution >= 4 is 6.03 Å². The molecule has 1 saturated heterocycles. The van der Waals surface area contributed by atoms with E-state index in [2.05, 4.69) is 5.32 Å². The van der Waals surface area contributed by atoms with Crippen LogP contribution in [-0.4, -0.2) is 41.9 Å². The molecule has 0 aromatic heterocycles. The number of nitrogens with zero attached hydrogens (tertiary/aromatic N) is 1. The number of carbonyl (C=O) groups excluding carboxylic acids is 1. The van der Waals surface area contributed by atoms with Crippen LogP contribution in [0.3, 0.4) is 0 Å². The zero-order chi connectivity index (χ0) is 11.9. The maximum absolute atomic E-state index is 12.7. The Kier molecular flexibility index (Phi) is 2.84. The molecule has 7 heteroatoms. The van der Waals surface area contributed by atoms with Crippen LogP contribution >= 0.6 is 0 Å². The fraction of sp³-hybridized carbons (Fsp3) is 0.875. The molecule has 0 aromatic rings. The van der Waals surface area contributed by atoms with E-state index in [-0.39, 0.29) is 6.04 Å². The summed E-state index contributed by atoms with van der Waals surface area (Å²) in [7, 11) is 0. The molecule has 1 N–H and O–H groups in total. The number of nitrogens with one attached hydrogen (secondary N) is 1. The van der Waals surface area contributed by atoms with Crippen molar-refractivity contribution in [3.63, 3.8) is 0 Å². The van der Waals surface area contributed by atoms with E-state index in [9.17, 15) is 22.4 Å². The van der Waals surface area contributed by atoms with Gasteiger partial charge < -0.3 is 10.2 Å². The molecule has 1 aliphatic rings. The van der Waals surface area contributed by atoms with E-state index in [4.69, 9.17) is 0 Å². The summed E-state index contributed by atoms with van der Waals surface area (Å²) in [5.41, 5.74) is 0. The van der Waals surface area contributed by atoms with E-state index in [0.717, 1.165) is 0 Å².